The molecule has 206 valence electrons. The van der Waals surface area contributed by atoms with E-state index in [1.165, 1.54) is 38.5 Å². The fraction of sp³-hybridized carbons (Fsp3) is 0.471. The first kappa shape index (κ1) is 31.1. The molecular weight excluding hydrogens is 470 g/mol. The molecule has 0 saturated carbocycles. The van der Waals surface area contributed by atoms with Crippen molar-refractivity contribution in [2.45, 2.75) is 96.5 Å². The molecule has 0 heterocycles. The minimum absolute atomic E-state index is 0.277. The van der Waals surface area contributed by atoms with Crippen molar-refractivity contribution in [1.82, 2.24) is 5.32 Å². The molecule has 1 atom stereocenters. The van der Waals surface area contributed by atoms with Crippen LogP contribution in [0.3, 0.4) is 0 Å². The zero-order valence-corrected chi connectivity index (χ0v) is 23.3. The maximum absolute atomic E-state index is 12.9. The lowest BCUT2D eigenvalue weighted by Crippen LogP contribution is -2.33. The van der Waals surface area contributed by atoms with E-state index < -0.39 is 6.10 Å². The highest BCUT2D eigenvalue weighted by Crippen LogP contribution is 2.19. The van der Waals surface area contributed by atoms with E-state index in [-0.39, 0.29) is 11.9 Å². The number of allylic oxidation sites excluding steroid dienone is 4. The Morgan fingerprint density at radius 3 is 2.05 bits per heavy atom. The van der Waals surface area contributed by atoms with Gasteiger partial charge in [-0.3, -0.25) is 9.59 Å². The van der Waals surface area contributed by atoms with Crippen LogP contribution in [0.15, 0.2) is 85.0 Å². The first-order chi connectivity index (χ1) is 18.7. The van der Waals surface area contributed by atoms with Crippen LogP contribution in [0.1, 0.15) is 101 Å². The summed E-state index contributed by atoms with van der Waals surface area (Å²) in [6.07, 6.45) is 21.7. The second-order valence-corrected chi connectivity index (χ2v) is 9.79. The summed E-state index contributed by atoms with van der Waals surface area (Å²) in [7, 11) is 0. The second-order valence-electron chi connectivity index (χ2n) is 9.79. The zero-order valence-electron chi connectivity index (χ0n) is 23.3. The van der Waals surface area contributed by atoms with Gasteiger partial charge < -0.3 is 10.1 Å². The summed E-state index contributed by atoms with van der Waals surface area (Å²) < 4.78 is 5.65. The summed E-state index contributed by atoms with van der Waals surface area (Å²) >= 11 is 0. The SMILES string of the molecule is CCCCC/C=C\C/C=C\CCCCCCCC(=O)OC(C(=O)NCCc1ccccc1)c1ccccc1. The Balaban J connectivity index is 1.61. The molecule has 0 bridgehead atoms. The maximum atomic E-state index is 12.9. The van der Waals surface area contributed by atoms with Gasteiger partial charge in [0.25, 0.3) is 5.91 Å². The van der Waals surface area contributed by atoms with Gasteiger partial charge in [0.2, 0.25) is 6.10 Å². The minimum atomic E-state index is -0.919. The van der Waals surface area contributed by atoms with Crippen molar-refractivity contribution >= 4 is 11.9 Å². The van der Waals surface area contributed by atoms with E-state index >= 15 is 0 Å². The van der Waals surface area contributed by atoms with Gasteiger partial charge in [-0.15, -0.1) is 0 Å². The molecule has 1 unspecified atom stereocenters. The highest BCUT2D eigenvalue weighted by Gasteiger charge is 2.24. The van der Waals surface area contributed by atoms with E-state index in [4.69, 9.17) is 4.74 Å². The molecule has 1 N–H and O–H groups in total. The summed E-state index contributed by atoms with van der Waals surface area (Å²) in [5.74, 6) is -0.594. The number of rotatable bonds is 20. The Labute approximate surface area is 230 Å². The number of ether oxygens (including phenoxy) is 1. The molecule has 0 fully saturated rings. The third-order valence-electron chi connectivity index (χ3n) is 6.48. The van der Waals surface area contributed by atoms with Gasteiger partial charge >= 0.3 is 5.97 Å². The summed E-state index contributed by atoms with van der Waals surface area (Å²) in [6, 6.07) is 19.3. The predicted molar refractivity (Wildman–Crippen MR) is 158 cm³/mol. The Morgan fingerprint density at radius 1 is 0.763 bits per heavy atom. The highest BCUT2D eigenvalue weighted by molar-refractivity contribution is 5.85. The lowest BCUT2D eigenvalue weighted by molar-refractivity contribution is -0.156. The Bertz CT molecular complexity index is 937. The van der Waals surface area contributed by atoms with Crippen LogP contribution in [0.25, 0.3) is 0 Å². The number of amides is 1. The van der Waals surface area contributed by atoms with E-state index in [1.807, 2.05) is 60.7 Å². The number of hydrogen-bond donors (Lipinski definition) is 1. The molecule has 0 radical (unpaired) electrons. The van der Waals surface area contributed by atoms with Crippen LogP contribution in [0, 0.1) is 0 Å². The quantitative estimate of drug-likeness (QED) is 0.109. The number of benzene rings is 2. The molecule has 38 heavy (non-hydrogen) atoms. The minimum Gasteiger partial charge on any atom is -0.447 e. The van der Waals surface area contributed by atoms with Gasteiger partial charge in [0.05, 0.1) is 0 Å². The molecular formula is C34H47NO3. The molecule has 0 aliphatic carbocycles. The van der Waals surface area contributed by atoms with E-state index in [1.54, 1.807) is 0 Å². The van der Waals surface area contributed by atoms with Crippen LogP contribution in [-0.4, -0.2) is 18.4 Å². The lowest BCUT2D eigenvalue weighted by atomic mass is 10.1. The first-order valence-corrected chi connectivity index (χ1v) is 14.6. The van der Waals surface area contributed by atoms with E-state index in [0.717, 1.165) is 44.1 Å². The summed E-state index contributed by atoms with van der Waals surface area (Å²) in [5, 5.41) is 2.93. The zero-order chi connectivity index (χ0) is 27.1. The van der Waals surface area contributed by atoms with Gasteiger partial charge in [0.1, 0.15) is 0 Å². The van der Waals surface area contributed by atoms with Gasteiger partial charge in [0.15, 0.2) is 0 Å². The predicted octanol–water partition coefficient (Wildman–Crippen LogP) is 8.44. The second kappa shape index (κ2) is 20.9. The van der Waals surface area contributed by atoms with Crippen molar-refractivity contribution in [3.05, 3.63) is 96.1 Å². The van der Waals surface area contributed by atoms with Crippen molar-refractivity contribution in [3.63, 3.8) is 0 Å². The van der Waals surface area contributed by atoms with Crippen molar-refractivity contribution in [2.75, 3.05) is 6.54 Å². The smallest absolute Gasteiger partial charge is 0.306 e. The van der Waals surface area contributed by atoms with Crippen LogP contribution in [0.2, 0.25) is 0 Å². The van der Waals surface area contributed by atoms with Crippen molar-refractivity contribution in [1.29, 1.82) is 0 Å². The first-order valence-electron chi connectivity index (χ1n) is 14.6. The van der Waals surface area contributed by atoms with Crippen molar-refractivity contribution in [3.8, 4) is 0 Å². The standard InChI is InChI=1S/C34H47NO3/c1-2-3-4-5-6-7-8-9-10-11-12-13-14-15-22-27-32(36)38-33(31-25-20-17-21-26-31)34(37)35-29-28-30-23-18-16-19-24-30/h6-7,9-10,16-21,23-26,33H,2-5,8,11-15,22,27-29H2,1H3,(H,35,37)/b7-6-,10-9-. The summed E-state index contributed by atoms with van der Waals surface area (Å²) in [5.41, 5.74) is 1.85. The number of unbranched alkanes of at least 4 members (excludes halogenated alkanes) is 8. The van der Waals surface area contributed by atoms with Crippen LogP contribution in [0.5, 0.6) is 0 Å². The molecule has 0 saturated heterocycles. The third kappa shape index (κ3) is 14.6. The van der Waals surface area contributed by atoms with Gasteiger partial charge in [-0.1, -0.05) is 124 Å². The number of esters is 1. The Morgan fingerprint density at radius 2 is 1.37 bits per heavy atom. The van der Waals surface area contributed by atoms with Crippen LogP contribution in [-0.2, 0) is 20.7 Å². The fourth-order valence-corrected chi connectivity index (χ4v) is 4.24. The lowest BCUT2D eigenvalue weighted by Gasteiger charge is -2.18. The topological polar surface area (TPSA) is 55.4 Å². The third-order valence-corrected chi connectivity index (χ3v) is 6.48. The summed E-state index contributed by atoms with van der Waals surface area (Å²) in [6.45, 7) is 2.73. The van der Waals surface area contributed by atoms with E-state index in [0.29, 0.717) is 18.5 Å². The average molecular weight is 518 g/mol. The molecule has 4 heteroatoms. The van der Waals surface area contributed by atoms with Crippen molar-refractivity contribution in [2.24, 2.45) is 0 Å². The molecule has 0 aliphatic rings. The van der Waals surface area contributed by atoms with Gasteiger partial charge in [-0.2, -0.15) is 0 Å². The average Bonchev–Trinajstić information content (AvgIpc) is 2.94. The van der Waals surface area contributed by atoms with Crippen LogP contribution in [0.4, 0.5) is 0 Å². The highest BCUT2D eigenvalue weighted by atomic mass is 16.5. The van der Waals surface area contributed by atoms with Gasteiger partial charge in [-0.05, 0) is 50.5 Å². The van der Waals surface area contributed by atoms with Crippen LogP contribution < -0.4 is 5.32 Å². The number of carbonyl (C=O) groups excluding carboxylic acids is 2. The maximum Gasteiger partial charge on any atom is 0.306 e. The summed E-state index contributed by atoms with van der Waals surface area (Å²) in [4.78, 5) is 25.4. The Hall–Kier alpha value is -3.14. The largest absolute Gasteiger partial charge is 0.447 e. The molecule has 2 aromatic carbocycles. The Kier molecular flexibility index (Phi) is 17.1. The molecule has 2 rings (SSSR count). The molecule has 4 nitrogen and oxygen atoms in total. The molecule has 0 aromatic heterocycles. The van der Waals surface area contributed by atoms with E-state index in [9.17, 15) is 9.59 Å². The van der Waals surface area contributed by atoms with Crippen molar-refractivity contribution < 1.29 is 14.3 Å². The molecule has 0 aliphatic heterocycles. The normalized spacial score (nSPS) is 12.1. The number of carbonyl (C=O) groups is 2. The molecule has 1 amide bonds. The molecule has 0 spiro atoms. The van der Waals surface area contributed by atoms with Gasteiger partial charge in [0, 0.05) is 18.5 Å². The van der Waals surface area contributed by atoms with Gasteiger partial charge in [-0.25, -0.2) is 0 Å². The molecule has 2 aromatic rings. The van der Waals surface area contributed by atoms with E-state index in [2.05, 4.69) is 36.5 Å². The number of hydrogen-bond acceptors (Lipinski definition) is 3. The monoisotopic (exact) mass is 517 g/mol. The number of nitrogens with one attached hydrogen (secondary N) is 1. The van der Waals surface area contributed by atoms with Crippen LogP contribution >= 0.6 is 0 Å². The fourth-order valence-electron chi connectivity index (χ4n) is 4.24.